The van der Waals surface area contributed by atoms with E-state index in [9.17, 15) is 14.9 Å². The molecule has 0 aliphatic heterocycles. The molecule has 8 heteroatoms. The molecular weight excluding hydrogens is 450 g/mol. The maximum Gasteiger partial charge on any atom is 0.269 e. The van der Waals surface area contributed by atoms with E-state index in [2.05, 4.69) is 10.3 Å². The van der Waals surface area contributed by atoms with Gasteiger partial charge in [0.1, 0.15) is 16.5 Å². The van der Waals surface area contributed by atoms with Gasteiger partial charge < -0.3 is 9.73 Å². The van der Waals surface area contributed by atoms with Crippen LogP contribution in [0.3, 0.4) is 0 Å². The summed E-state index contributed by atoms with van der Waals surface area (Å²) >= 11 is 1.61. The van der Waals surface area contributed by atoms with Gasteiger partial charge in [-0.25, -0.2) is 4.99 Å². The van der Waals surface area contributed by atoms with Crippen LogP contribution in [-0.4, -0.2) is 23.1 Å². The third-order valence-electron chi connectivity index (χ3n) is 6.62. The summed E-state index contributed by atoms with van der Waals surface area (Å²) in [6.45, 7) is 0. The summed E-state index contributed by atoms with van der Waals surface area (Å²) in [5, 5.41) is 14.9. The van der Waals surface area contributed by atoms with Crippen LogP contribution in [0.25, 0.3) is 11.3 Å². The highest BCUT2D eigenvalue weighted by atomic mass is 32.1. The van der Waals surface area contributed by atoms with Crippen LogP contribution in [0.4, 0.5) is 10.7 Å². The largest absolute Gasteiger partial charge is 0.455 e. The van der Waals surface area contributed by atoms with Crippen molar-refractivity contribution in [1.29, 1.82) is 0 Å². The predicted molar refractivity (Wildman–Crippen MR) is 133 cm³/mol. The van der Waals surface area contributed by atoms with E-state index < -0.39 is 4.92 Å². The summed E-state index contributed by atoms with van der Waals surface area (Å²) in [4.78, 5) is 29.7. The second-order valence-corrected chi connectivity index (χ2v) is 10.0. The number of fused-ring (bicyclic) bond motifs is 1. The van der Waals surface area contributed by atoms with E-state index in [1.807, 2.05) is 12.1 Å². The number of nitrogens with one attached hydrogen (secondary N) is 1. The molecule has 1 N–H and O–H groups in total. The van der Waals surface area contributed by atoms with Crippen molar-refractivity contribution in [3.63, 3.8) is 0 Å². The molecule has 1 amide bonds. The predicted octanol–water partition coefficient (Wildman–Crippen LogP) is 6.61. The van der Waals surface area contributed by atoms with E-state index >= 15 is 0 Å². The van der Waals surface area contributed by atoms with E-state index in [1.54, 1.807) is 29.7 Å². The average Bonchev–Trinajstić information content (AvgIpc) is 3.48. The number of nitro groups is 1. The third-order valence-corrected chi connectivity index (χ3v) is 7.82. The smallest absolute Gasteiger partial charge is 0.269 e. The average molecular weight is 478 g/mol. The van der Waals surface area contributed by atoms with E-state index in [0.717, 1.165) is 54.7 Å². The zero-order valence-electron chi connectivity index (χ0n) is 18.9. The molecule has 0 saturated heterocycles. The van der Waals surface area contributed by atoms with Crippen molar-refractivity contribution >= 4 is 34.1 Å². The molecule has 0 bridgehead atoms. The lowest BCUT2D eigenvalue weighted by molar-refractivity contribution is -0.384. The number of aliphatic imine (C=N–C) groups is 1. The molecule has 1 aromatic carbocycles. The fourth-order valence-electron chi connectivity index (χ4n) is 4.83. The minimum absolute atomic E-state index is 0.00413. The van der Waals surface area contributed by atoms with Crippen LogP contribution in [0.2, 0.25) is 0 Å². The number of aryl methyl sites for hydroxylation is 1. The van der Waals surface area contributed by atoms with Crippen LogP contribution < -0.4 is 5.32 Å². The monoisotopic (exact) mass is 477 g/mol. The Hall–Kier alpha value is -3.26. The third kappa shape index (κ3) is 4.82. The number of non-ortho nitro benzene ring substituents is 1. The fourth-order valence-corrected chi connectivity index (χ4v) is 6.06. The van der Waals surface area contributed by atoms with Crippen molar-refractivity contribution in [2.75, 3.05) is 0 Å². The van der Waals surface area contributed by atoms with Crippen LogP contribution in [0.15, 0.2) is 45.8 Å². The Morgan fingerprint density at radius 3 is 2.59 bits per heavy atom. The van der Waals surface area contributed by atoms with E-state index in [4.69, 9.17) is 4.42 Å². The molecule has 0 spiro atoms. The molecule has 0 radical (unpaired) electrons. The number of hydrogen-bond donors (Lipinski definition) is 1. The molecule has 1 fully saturated rings. The first-order valence-corrected chi connectivity index (χ1v) is 12.7. The van der Waals surface area contributed by atoms with Crippen molar-refractivity contribution in [3.05, 3.63) is 68.3 Å². The molecule has 3 aromatic rings. The zero-order valence-corrected chi connectivity index (χ0v) is 19.7. The van der Waals surface area contributed by atoms with E-state index in [0.29, 0.717) is 11.5 Å². The van der Waals surface area contributed by atoms with E-state index in [-0.39, 0.29) is 17.6 Å². The molecule has 1 saturated carbocycles. The zero-order chi connectivity index (χ0) is 23.5. The highest BCUT2D eigenvalue weighted by Crippen LogP contribution is 2.40. The molecule has 7 nitrogen and oxygen atoms in total. The summed E-state index contributed by atoms with van der Waals surface area (Å²) in [6, 6.07) is 10.1. The van der Waals surface area contributed by atoms with Gasteiger partial charge in [-0.05, 0) is 68.4 Å². The lowest BCUT2D eigenvalue weighted by atomic mass is 9.93. The molecular formula is C26H27N3O4S. The Morgan fingerprint density at radius 1 is 1.06 bits per heavy atom. The minimum Gasteiger partial charge on any atom is -0.455 e. The molecule has 34 heavy (non-hydrogen) atoms. The van der Waals surface area contributed by atoms with Crippen molar-refractivity contribution in [1.82, 2.24) is 5.32 Å². The number of furan rings is 1. The number of carbonyl (C=O) groups is 1. The molecule has 0 unspecified atom stereocenters. The lowest BCUT2D eigenvalue weighted by Crippen LogP contribution is -2.36. The van der Waals surface area contributed by atoms with Gasteiger partial charge in [0.15, 0.2) is 0 Å². The van der Waals surface area contributed by atoms with Crippen LogP contribution in [0.1, 0.15) is 71.5 Å². The highest BCUT2D eigenvalue weighted by Gasteiger charge is 2.27. The quantitative estimate of drug-likeness (QED) is 0.245. The standard InChI is InChI=1S/C26H27N3O4S/c30-25(28-18-6-2-1-3-7-18)24-21-8-4-5-9-23(21)34-26(24)27-16-20-14-15-22(33-20)17-10-12-19(13-11-17)29(31)32/h10-16,18H,1-9H2,(H,28,30)/b27-16-. The first-order chi connectivity index (χ1) is 16.6. The van der Waals surface area contributed by atoms with Gasteiger partial charge in [-0.15, -0.1) is 11.3 Å². The van der Waals surface area contributed by atoms with Crippen molar-refractivity contribution in [2.45, 2.75) is 63.8 Å². The summed E-state index contributed by atoms with van der Waals surface area (Å²) in [7, 11) is 0. The number of carbonyl (C=O) groups excluding carboxylic acids is 1. The molecule has 5 rings (SSSR count). The van der Waals surface area contributed by atoms with Crippen molar-refractivity contribution in [3.8, 4) is 11.3 Å². The summed E-state index contributed by atoms with van der Waals surface area (Å²) in [5.41, 5.74) is 2.70. The Bertz CT molecular complexity index is 1220. The van der Waals surface area contributed by atoms with E-state index in [1.165, 1.54) is 41.8 Å². The number of rotatable bonds is 6. The van der Waals surface area contributed by atoms with Gasteiger partial charge in [0.05, 0.1) is 16.7 Å². The maximum atomic E-state index is 13.3. The van der Waals surface area contributed by atoms with Crippen molar-refractivity contribution in [2.24, 2.45) is 4.99 Å². The normalized spacial score (nSPS) is 16.5. The molecule has 2 aromatic heterocycles. The number of nitro benzene ring substituents is 1. The number of amides is 1. The fraction of sp³-hybridized carbons (Fsp3) is 0.385. The summed E-state index contributed by atoms with van der Waals surface area (Å²) < 4.78 is 5.90. The number of thiophene rings is 1. The van der Waals surface area contributed by atoms with Crippen molar-refractivity contribution < 1.29 is 14.1 Å². The van der Waals surface area contributed by atoms with Gasteiger partial charge in [0.25, 0.3) is 11.6 Å². The van der Waals surface area contributed by atoms with Crippen LogP contribution in [0.5, 0.6) is 0 Å². The first-order valence-electron chi connectivity index (χ1n) is 11.9. The number of benzene rings is 1. The summed E-state index contributed by atoms with van der Waals surface area (Å²) in [6.07, 6.45) is 11.5. The highest BCUT2D eigenvalue weighted by molar-refractivity contribution is 7.16. The Balaban J connectivity index is 1.37. The second-order valence-electron chi connectivity index (χ2n) is 8.96. The molecule has 2 heterocycles. The van der Waals surface area contributed by atoms with Crippen LogP contribution in [-0.2, 0) is 12.8 Å². The van der Waals surface area contributed by atoms with Gasteiger partial charge in [-0.1, -0.05) is 19.3 Å². The number of nitrogens with zero attached hydrogens (tertiary/aromatic N) is 2. The van der Waals surface area contributed by atoms with Gasteiger partial charge in [0, 0.05) is 28.6 Å². The Kier molecular flexibility index (Phi) is 6.58. The van der Waals surface area contributed by atoms with Crippen LogP contribution >= 0.6 is 11.3 Å². The topological polar surface area (TPSA) is 97.7 Å². The van der Waals surface area contributed by atoms with Gasteiger partial charge in [0.2, 0.25) is 0 Å². The molecule has 176 valence electrons. The Labute approximate surface area is 202 Å². The summed E-state index contributed by atoms with van der Waals surface area (Å²) in [5.74, 6) is 1.18. The lowest BCUT2D eigenvalue weighted by Gasteiger charge is -2.23. The second kappa shape index (κ2) is 9.93. The van der Waals surface area contributed by atoms with Crippen LogP contribution in [0, 0.1) is 10.1 Å². The molecule has 2 aliphatic rings. The maximum absolute atomic E-state index is 13.3. The van der Waals surface area contributed by atoms with Gasteiger partial charge in [-0.3, -0.25) is 14.9 Å². The number of hydrogen-bond acceptors (Lipinski definition) is 6. The molecule has 0 atom stereocenters. The van der Waals surface area contributed by atoms with Gasteiger partial charge in [-0.2, -0.15) is 0 Å². The molecule has 2 aliphatic carbocycles. The Morgan fingerprint density at radius 2 is 1.82 bits per heavy atom. The van der Waals surface area contributed by atoms with Gasteiger partial charge >= 0.3 is 0 Å². The first kappa shape index (κ1) is 22.5. The SMILES string of the molecule is O=C(NC1CCCCC1)c1c(/N=C\c2ccc(-c3ccc([N+](=O)[O-])cc3)o2)sc2c1CCCC2. The minimum atomic E-state index is -0.424.